The normalized spacial score (nSPS) is 19.8. The van der Waals surface area contributed by atoms with Crippen LogP contribution in [0.15, 0.2) is 35.7 Å². The Morgan fingerprint density at radius 3 is 2.75 bits per heavy atom. The topological polar surface area (TPSA) is 30.0 Å². The summed E-state index contributed by atoms with van der Waals surface area (Å²) < 4.78 is 1.09. The summed E-state index contributed by atoms with van der Waals surface area (Å²) in [5, 5.41) is 2.75. The first-order valence-electron chi connectivity index (χ1n) is 8.64. The van der Waals surface area contributed by atoms with Gasteiger partial charge in [0.15, 0.2) is 5.01 Å². The Balaban J connectivity index is 1.53. The Hall–Kier alpha value is -1.78. The number of benzene rings is 1. The number of carbonyl (C=O) groups excluding carboxylic acids is 1. The summed E-state index contributed by atoms with van der Waals surface area (Å²) in [7, 11) is 4.58. The number of rotatable bonds is 3. The highest BCUT2D eigenvalue weighted by Crippen LogP contribution is 2.34. The largest absolute Gasteiger partial charge is 0.328 e. The Kier molecular flexibility index (Phi) is 3.89. The number of hydrogen-bond donors (Lipinski definition) is 0. The summed E-state index contributed by atoms with van der Waals surface area (Å²) in [4.78, 5) is 17.6. The number of nitrogens with zero attached hydrogens (tertiary/aromatic N) is 2. The van der Waals surface area contributed by atoms with Crippen LogP contribution in [-0.4, -0.2) is 42.4 Å². The zero-order chi connectivity index (χ0) is 16.7. The third-order valence-corrected chi connectivity index (χ3v) is 6.24. The molecule has 0 spiro atoms. The van der Waals surface area contributed by atoms with E-state index >= 15 is 0 Å². The summed E-state index contributed by atoms with van der Waals surface area (Å²) in [6.45, 7) is 2.37. The van der Waals surface area contributed by atoms with Crippen LogP contribution < -0.4 is 0 Å². The maximum atomic E-state index is 12.9. The quantitative estimate of drug-likeness (QED) is 0.627. The van der Waals surface area contributed by atoms with Crippen molar-refractivity contribution in [2.75, 3.05) is 27.2 Å². The van der Waals surface area contributed by atoms with Gasteiger partial charge in [0.2, 0.25) is 5.78 Å². The monoisotopic (exact) mass is 339 g/mol. The summed E-state index contributed by atoms with van der Waals surface area (Å²) in [5.41, 5.74) is 4.27. The molecular formula is C20H23N2OS+. The number of piperidine rings is 1. The van der Waals surface area contributed by atoms with Crippen LogP contribution in [0.25, 0.3) is 5.57 Å². The average Bonchev–Trinajstić information content (AvgIpc) is 3.21. The van der Waals surface area contributed by atoms with Gasteiger partial charge in [-0.3, -0.25) is 4.79 Å². The van der Waals surface area contributed by atoms with Gasteiger partial charge in [-0.25, -0.2) is 4.98 Å². The number of carbonyl (C=O) groups is 1. The van der Waals surface area contributed by atoms with Gasteiger partial charge >= 0.3 is 0 Å². The zero-order valence-corrected chi connectivity index (χ0v) is 15.1. The van der Waals surface area contributed by atoms with Crippen LogP contribution in [0.2, 0.25) is 0 Å². The van der Waals surface area contributed by atoms with E-state index in [4.69, 9.17) is 4.98 Å². The van der Waals surface area contributed by atoms with E-state index in [1.807, 2.05) is 18.2 Å². The van der Waals surface area contributed by atoms with Crippen molar-refractivity contribution in [1.29, 1.82) is 0 Å². The summed E-state index contributed by atoms with van der Waals surface area (Å²) in [6.07, 6.45) is 5.23. The van der Waals surface area contributed by atoms with Crippen molar-refractivity contribution < 1.29 is 9.28 Å². The van der Waals surface area contributed by atoms with E-state index in [0.29, 0.717) is 10.9 Å². The van der Waals surface area contributed by atoms with Crippen LogP contribution >= 0.6 is 11.3 Å². The Morgan fingerprint density at radius 2 is 1.96 bits per heavy atom. The molecule has 1 aromatic carbocycles. The minimum atomic E-state index is 0.0862. The van der Waals surface area contributed by atoms with Gasteiger partial charge in [-0.1, -0.05) is 30.3 Å². The molecule has 0 saturated carbocycles. The van der Waals surface area contributed by atoms with Gasteiger partial charge in [-0.2, -0.15) is 0 Å². The second kappa shape index (κ2) is 5.94. The molecule has 1 aromatic heterocycles. The predicted octanol–water partition coefficient (Wildman–Crippen LogP) is 3.92. The average molecular weight is 339 g/mol. The fourth-order valence-corrected chi connectivity index (χ4v) is 4.61. The molecule has 1 aliphatic carbocycles. The molecule has 0 bridgehead atoms. The van der Waals surface area contributed by atoms with E-state index in [9.17, 15) is 4.79 Å². The van der Waals surface area contributed by atoms with Crippen molar-refractivity contribution in [3.8, 4) is 0 Å². The number of quaternary nitrogens is 1. The van der Waals surface area contributed by atoms with Gasteiger partial charge in [0.1, 0.15) is 0 Å². The maximum absolute atomic E-state index is 12.9. The molecule has 0 atom stereocenters. The molecule has 0 radical (unpaired) electrons. The number of fused-ring (bicyclic) bond motifs is 1. The molecule has 3 nitrogen and oxygen atoms in total. The minimum Gasteiger partial charge on any atom is -0.328 e. The van der Waals surface area contributed by atoms with Gasteiger partial charge in [0.25, 0.3) is 0 Å². The van der Waals surface area contributed by atoms with Crippen LogP contribution in [0.5, 0.6) is 0 Å². The first-order chi connectivity index (χ1) is 11.5. The lowest BCUT2D eigenvalue weighted by atomic mass is 9.93. The van der Waals surface area contributed by atoms with Crippen molar-refractivity contribution in [3.63, 3.8) is 0 Å². The van der Waals surface area contributed by atoms with Crippen LogP contribution in [0.4, 0.5) is 0 Å². The van der Waals surface area contributed by atoms with E-state index in [1.165, 1.54) is 30.0 Å². The third kappa shape index (κ3) is 2.85. The van der Waals surface area contributed by atoms with Crippen LogP contribution in [0.1, 0.15) is 45.4 Å². The fraction of sp³-hybridized carbons (Fsp3) is 0.400. The lowest BCUT2D eigenvalue weighted by Crippen LogP contribution is -2.45. The molecule has 0 amide bonds. The van der Waals surface area contributed by atoms with Crippen molar-refractivity contribution in [1.82, 2.24) is 4.98 Å². The third-order valence-electron chi connectivity index (χ3n) is 5.38. The number of hydrogen-bond acceptors (Lipinski definition) is 3. The highest BCUT2D eigenvalue weighted by Gasteiger charge is 2.30. The van der Waals surface area contributed by atoms with E-state index < -0.39 is 0 Å². The first kappa shape index (κ1) is 15.7. The van der Waals surface area contributed by atoms with E-state index in [0.717, 1.165) is 40.6 Å². The lowest BCUT2D eigenvalue weighted by Gasteiger charge is -2.36. The van der Waals surface area contributed by atoms with Crippen molar-refractivity contribution in [2.45, 2.75) is 25.2 Å². The molecule has 1 aliphatic heterocycles. The molecular weight excluding hydrogens is 316 g/mol. The number of ketones is 1. The summed E-state index contributed by atoms with van der Waals surface area (Å²) in [5.74, 6) is 0.599. The molecule has 1 fully saturated rings. The number of thiazole rings is 1. The molecule has 0 unspecified atom stereocenters. The Labute approximate surface area is 147 Å². The van der Waals surface area contributed by atoms with Gasteiger partial charge in [-0.05, 0) is 17.5 Å². The Morgan fingerprint density at radius 1 is 1.21 bits per heavy atom. The SMILES string of the molecule is C[N+]1(C)CCC(c2csc(C(=O)C3=CCc4ccccc43)n2)CC1. The molecule has 2 aromatic rings. The Bertz CT molecular complexity index is 809. The highest BCUT2D eigenvalue weighted by atomic mass is 32.1. The smallest absolute Gasteiger partial charge is 0.221 e. The molecule has 24 heavy (non-hydrogen) atoms. The zero-order valence-electron chi connectivity index (χ0n) is 14.3. The molecule has 0 N–H and O–H groups in total. The van der Waals surface area contributed by atoms with Crippen molar-refractivity contribution in [3.05, 3.63) is 57.6 Å². The van der Waals surface area contributed by atoms with Crippen LogP contribution in [0.3, 0.4) is 0 Å². The van der Waals surface area contributed by atoms with E-state index in [-0.39, 0.29) is 5.78 Å². The van der Waals surface area contributed by atoms with Gasteiger partial charge < -0.3 is 4.48 Å². The molecule has 4 heteroatoms. The lowest BCUT2D eigenvalue weighted by molar-refractivity contribution is -0.895. The maximum Gasteiger partial charge on any atom is 0.221 e. The molecule has 1 saturated heterocycles. The minimum absolute atomic E-state index is 0.0862. The number of Topliss-reactive ketones (excluding diaryl/α,β-unsaturated/α-hetero) is 1. The fourth-order valence-electron chi connectivity index (χ4n) is 3.75. The van der Waals surface area contributed by atoms with Crippen LogP contribution in [-0.2, 0) is 6.42 Å². The van der Waals surface area contributed by atoms with Gasteiger partial charge in [0.05, 0.1) is 32.9 Å². The standard InChI is InChI=1S/C20H23N2OS/c1-22(2)11-9-15(10-12-22)18-13-24-20(21-18)19(23)17-8-7-14-5-3-4-6-16(14)17/h3-6,8,13,15H,7,9-12H2,1-2H3/q+1. The molecule has 2 aliphatic rings. The van der Waals surface area contributed by atoms with Crippen LogP contribution in [0, 0.1) is 0 Å². The summed E-state index contributed by atoms with van der Waals surface area (Å²) in [6, 6.07) is 8.17. The molecule has 124 valence electrons. The summed E-state index contributed by atoms with van der Waals surface area (Å²) >= 11 is 1.51. The van der Waals surface area contributed by atoms with E-state index in [1.54, 1.807) is 0 Å². The highest BCUT2D eigenvalue weighted by molar-refractivity contribution is 7.12. The second-order valence-corrected chi connectivity index (χ2v) is 8.40. The predicted molar refractivity (Wildman–Crippen MR) is 98.4 cm³/mol. The van der Waals surface area contributed by atoms with Crippen molar-refractivity contribution >= 4 is 22.7 Å². The van der Waals surface area contributed by atoms with Gasteiger partial charge in [0, 0.05) is 29.7 Å². The van der Waals surface area contributed by atoms with E-state index in [2.05, 4.69) is 31.6 Å². The number of allylic oxidation sites excluding steroid dienone is 2. The van der Waals surface area contributed by atoms with Crippen molar-refractivity contribution in [2.24, 2.45) is 0 Å². The number of aromatic nitrogens is 1. The molecule has 4 rings (SSSR count). The second-order valence-electron chi connectivity index (χ2n) is 7.54. The first-order valence-corrected chi connectivity index (χ1v) is 9.52. The molecule has 2 heterocycles. The number of likely N-dealkylation sites (tertiary alicyclic amines) is 1. The van der Waals surface area contributed by atoms with Gasteiger partial charge in [-0.15, -0.1) is 11.3 Å².